The summed E-state index contributed by atoms with van der Waals surface area (Å²) in [6.07, 6.45) is 0.241. The fourth-order valence-corrected chi connectivity index (χ4v) is 4.71. The first-order chi connectivity index (χ1) is 13.5. The third-order valence-electron chi connectivity index (χ3n) is 4.99. The Kier molecular flexibility index (Phi) is 4.68. The number of rotatable bonds is 4. The highest BCUT2D eigenvalue weighted by molar-refractivity contribution is 7.10. The smallest absolute Gasteiger partial charge is 0.308 e. The average molecular weight is 396 g/mol. The van der Waals surface area contributed by atoms with Gasteiger partial charge in [0.2, 0.25) is 5.91 Å². The van der Waals surface area contributed by atoms with Crippen molar-refractivity contribution in [1.29, 1.82) is 0 Å². The normalized spacial score (nSPS) is 16.0. The number of amides is 1. The number of methoxy groups -OCH3 is 2. The zero-order valence-corrected chi connectivity index (χ0v) is 16.7. The molecule has 0 saturated carbocycles. The van der Waals surface area contributed by atoms with Gasteiger partial charge in [-0.25, -0.2) is 0 Å². The summed E-state index contributed by atoms with van der Waals surface area (Å²) < 4.78 is 12.4. The molecule has 0 N–H and O–H groups in total. The van der Waals surface area contributed by atoms with Gasteiger partial charge in [0, 0.05) is 24.9 Å². The molecule has 1 aliphatic heterocycles. The van der Waals surface area contributed by atoms with E-state index in [0.29, 0.717) is 17.3 Å². The summed E-state index contributed by atoms with van der Waals surface area (Å²) in [6, 6.07) is 14.9. The number of carbonyl (C=O) groups excluding carboxylic acids is 1. The molecule has 0 bridgehead atoms. The van der Waals surface area contributed by atoms with E-state index >= 15 is 0 Å². The summed E-state index contributed by atoms with van der Waals surface area (Å²) in [4.78, 5) is 28.1. The van der Waals surface area contributed by atoms with Crippen LogP contribution in [-0.2, 0) is 11.8 Å². The molecule has 2 heterocycles. The number of anilines is 2. The molecule has 3 aromatic rings. The molecule has 0 unspecified atom stereocenters. The van der Waals surface area contributed by atoms with Crippen LogP contribution in [0.3, 0.4) is 0 Å². The minimum Gasteiger partial charge on any atom is -0.497 e. The van der Waals surface area contributed by atoms with Gasteiger partial charge in [0.15, 0.2) is 0 Å². The molecule has 0 spiro atoms. The second-order valence-electron chi connectivity index (χ2n) is 6.54. The van der Waals surface area contributed by atoms with Gasteiger partial charge < -0.3 is 9.47 Å². The van der Waals surface area contributed by atoms with E-state index in [1.807, 2.05) is 48.5 Å². The molecule has 0 fully saturated rings. The van der Waals surface area contributed by atoms with Gasteiger partial charge in [0.1, 0.15) is 17.3 Å². The maximum atomic E-state index is 13.2. The molecule has 0 radical (unpaired) electrons. The minimum absolute atomic E-state index is 0.0676. The number of para-hydroxylation sites is 1. The molecule has 1 atom stereocenters. The van der Waals surface area contributed by atoms with Crippen LogP contribution in [-0.4, -0.2) is 24.7 Å². The molecule has 0 saturated heterocycles. The predicted octanol–water partition coefficient (Wildman–Crippen LogP) is 3.66. The highest BCUT2D eigenvalue weighted by atomic mass is 32.1. The fraction of sp³-hybridized carbons (Fsp3) is 0.238. The molecule has 0 aliphatic carbocycles. The van der Waals surface area contributed by atoms with Crippen molar-refractivity contribution >= 4 is 28.7 Å². The molecule has 2 aromatic carbocycles. The van der Waals surface area contributed by atoms with Crippen molar-refractivity contribution in [2.24, 2.45) is 7.05 Å². The van der Waals surface area contributed by atoms with Gasteiger partial charge in [-0.15, -0.1) is 0 Å². The number of thiazole rings is 1. The van der Waals surface area contributed by atoms with E-state index in [0.717, 1.165) is 16.1 Å². The Hall–Kier alpha value is -3.06. The standard InChI is InChI=1S/C21H20N2O4S/c1-22-20-19(28-21(22)25)16(15-11-14(26-2)9-10-17(15)27-3)12-18(24)23(20)13-7-5-4-6-8-13/h4-11,16H,12H2,1-3H3/t16-/m0/s1. The monoisotopic (exact) mass is 396 g/mol. The van der Waals surface area contributed by atoms with Gasteiger partial charge in [0.25, 0.3) is 0 Å². The largest absolute Gasteiger partial charge is 0.497 e. The third-order valence-corrected chi connectivity index (χ3v) is 6.13. The van der Waals surface area contributed by atoms with Crippen LogP contribution in [0.4, 0.5) is 11.5 Å². The Bertz CT molecular complexity index is 1090. The molecule has 1 amide bonds. The van der Waals surface area contributed by atoms with Crippen LogP contribution >= 0.6 is 11.3 Å². The quantitative estimate of drug-likeness (QED) is 0.675. The SMILES string of the molecule is COc1ccc(OC)c([C@@H]2CC(=O)N(c3ccccc3)c3c2sc(=O)n3C)c1. The lowest BCUT2D eigenvalue weighted by molar-refractivity contribution is -0.118. The maximum Gasteiger partial charge on any atom is 0.308 e. The lowest BCUT2D eigenvalue weighted by Gasteiger charge is -2.32. The Morgan fingerprint density at radius 3 is 2.46 bits per heavy atom. The number of hydrogen-bond acceptors (Lipinski definition) is 5. The van der Waals surface area contributed by atoms with Crippen molar-refractivity contribution in [1.82, 2.24) is 4.57 Å². The van der Waals surface area contributed by atoms with E-state index in [-0.39, 0.29) is 23.1 Å². The lowest BCUT2D eigenvalue weighted by atomic mass is 9.89. The summed E-state index contributed by atoms with van der Waals surface area (Å²) in [5.74, 6) is 1.63. The van der Waals surface area contributed by atoms with E-state index < -0.39 is 0 Å². The number of hydrogen-bond donors (Lipinski definition) is 0. The molecule has 28 heavy (non-hydrogen) atoms. The summed E-state index contributed by atoms with van der Waals surface area (Å²) in [7, 11) is 4.90. The van der Waals surface area contributed by atoms with Crippen LogP contribution < -0.4 is 19.2 Å². The number of ether oxygens (including phenoxy) is 2. The fourth-order valence-electron chi connectivity index (χ4n) is 3.63. The predicted molar refractivity (Wildman–Crippen MR) is 109 cm³/mol. The zero-order valence-electron chi connectivity index (χ0n) is 15.8. The number of aromatic nitrogens is 1. The van der Waals surface area contributed by atoms with E-state index in [1.165, 1.54) is 11.3 Å². The van der Waals surface area contributed by atoms with Gasteiger partial charge in [0.05, 0.1) is 24.8 Å². The second-order valence-corrected chi connectivity index (χ2v) is 7.54. The van der Waals surface area contributed by atoms with Crippen LogP contribution in [0.1, 0.15) is 22.8 Å². The van der Waals surface area contributed by atoms with Gasteiger partial charge in [-0.2, -0.15) is 0 Å². The molecular weight excluding hydrogens is 376 g/mol. The van der Waals surface area contributed by atoms with Crippen molar-refractivity contribution in [3.8, 4) is 11.5 Å². The minimum atomic E-state index is -0.272. The van der Waals surface area contributed by atoms with E-state index in [1.54, 1.807) is 30.7 Å². The molecule has 1 aromatic heterocycles. The van der Waals surface area contributed by atoms with Crippen LogP contribution in [0.5, 0.6) is 11.5 Å². The summed E-state index contributed by atoms with van der Waals surface area (Å²) in [5.41, 5.74) is 1.59. The molecule has 7 heteroatoms. The summed E-state index contributed by atoms with van der Waals surface area (Å²) in [6.45, 7) is 0. The number of benzene rings is 2. The van der Waals surface area contributed by atoms with Gasteiger partial charge in [-0.05, 0) is 30.3 Å². The highest BCUT2D eigenvalue weighted by Crippen LogP contribution is 2.47. The van der Waals surface area contributed by atoms with Gasteiger partial charge in [-0.3, -0.25) is 19.1 Å². The number of carbonyl (C=O) groups is 1. The molecular formula is C21H20N2O4S. The first-order valence-electron chi connectivity index (χ1n) is 8.84. The van der Waals surface area contributed by atoms with Crippen molar-refractivity contribution in [2.45, 2.75) is 12.3 Å². The van der Waals surface area contributed by atoms with Crippen LogP contribution in [0.25, 0.3) is 0 Å². The van der Waals surface area contributed by atoms with E-state index in [9.17, 15) is 9.59 Å². The van der Waals surface area contributed by atoms with Crippen molar-refractivity contribution in [3.63, 3.8) is 0 Å². The van der Waals surface area contributed by atoms with Crippen molar-refractivity contribution < 1.29 is 14.3 Å². The Morgan fingerprint density at radius 1 is 1.04 bits per heavy atom. The first-order valence-corrected chi connectivity index (χ1v) is 9.66. The zero-order chi connectivity index (χ0) is 19.8. The van der Waals surface area contributed by atoms with Crippen LogP contribution in [0.15, 0.2) is 53.3 Å². The van der Waals surface area contributed by atoms with Crippen molar-refractivity contribution in [2.75, 3.05) is 19.1 Å². The number of fused-ring (bicyclic) bond motifs is 1. The maximum absolute atomic E-state index is 13.2. The topological polar surface area (TPSA) is 60.8 Å². The van der Waals surface area contributed by atoms with Crippen molar-refractivity contribution in [3.05, 3.63) is 68.6 Å². The Balaban J connectivity index is 1.92. The lowest BCUT2D eigenvalue weighted by Crippen LogP contribution is -2.34. The molecule has 6 nitrogen and oxygen atoms in total. The summed E-state index contributed by atoms with van der Waals surface area (Å²) >= 11 is 1.17. The van der Waals surface area contributed by atoms with Gasteiger partial charge in [-0.1, -0.05) is 29.5 Å². The van der Waals surface area contributed by atoms with Crippen LogP contribution in [0.2, 0.25) is 0 Å². The summed E-state index contributed by atoms with van der Waals surface area (Å²) in [5, 5.41) is 0. The van der Waals surface area contributed by atoms with Gasteiger partial charge >= 0.3 is 4.87 Å². The van der Waals surface area contributed by atoms with E-state index in [4.69, 9.17) is 9.47 Å². The van der Waals surface area contributed by atoms with Crippen LogP contribution in [0, 0.1) is 0 Å². The molecule has 4 rings (SSSR count). The molecule has 144 valence electrons. The highest BCUT2D eigenvalue weighted by Gasteiger charge is 2.38. The third kappa shape index (κ3) is 2.88. The second kappa shape index (κ2) is 7.16. The molecule has 1 aliphatic rings. The Labute approximate surface area is 166 Å². The number of nitrogens with zero attached hydrogens (tertiary/aromatic N) is 2. The Morgan fingerprint density at radius 2 is 1.79 bits per heavy atom. The first kappa shape index (κ1) is 18.3. The van der Waals surface area contributed by atoms with E-state index in [2.05, 4.69) is 0 Å². The average Bonchev–Trinajstić information content (AvgIpc) is 3.02.